The lowest BCUT2D eigenvalue weighted by molar-refractivity contribution is -0.148. The van der Waals surface area contributed by atoms with E-state index in [-0.39, 0.29) is 5.91 Å². The zero-order valence-electron chi connectivity index (χ0n) is 14.3. The maximum absolute atomic E-state index is 12.2. The number of amides is 1. The molecule has 0 aliphatic rings. The summed E-state index contributed by atoms with van der Waals surface area (Å²) in [7, 11) is 0. The van der Waals surface area contributed by atoms with E-state index >= 15 is 0 Å². The predicted molar refractivity (Wildman–Crippen MR) is 98.2 cm³/mol. The SMILES string of the molecule is Cc1ccc(C)c(NC(=O)[C@H](C)OC(=O)/C=C/c2sccc2C)c1. The van der Waals surface area contributed by atoms with E-state index in [0.717, 1.165) is 27.3 Å². The molecule has 1 N–H and O–H groups in total. The van der Waals surface area contributed by atoms with Gasteiger partial charge >= 0.3 is 5.97 Å². The molecule has 1 aromatic carbocycles. The average molecular weight is 343 g/mol. The Hall–Kier alpha value is -2.40. The van der Waals surface area contributed by atoms with Crippen molar-refractivity contribution in [3.05, 3.63) is 57.3 Å². The molecule has 2 rings (SSSR count). The van der Waals surface area contributed by atoms with Gasteiger partial charge in [-0.25, -0.2) is 4.79 Å². The molecule has 1 aromatic heterocycles. The van der Waals surface area contributed by atoms with Crippen molar-refractivity contribution in [2.75, 3.05) is 5.32 Å². The number of aryl methyl sites for hydroxylation is 3. The fourth-order valence-electron chi connectivity index (χ4n) is 2.07. The molecule has 0 fully saturated rings. The van der Waals surface area contributed by atoms with Crippen molar-refractivity contribution >= 4 is 35.0 Å². The summed E-state index contributed by atoms with van der Waals surface area (Å²) >= 11 is 1.55. The summed E-state index contributed by atoms with van der Waals surface area (Å²) in [5, 5.41) is 4.76. The summed E-state index contributed by atoms with van der Waals surface area (Å²) in [6, 6.07) is 7.79. The van der Waals surface area contributed by atoms with Crippen LogP contribution < -0.4 is 5.32 Å². The maximum Gasteiger partial charge on any atom is 0.331 e. The molecule has 1 heterocycles. The zero-order chi connectivity index (χ0) is 17.7. The van der Waals surface area contributed by atoms with Gasteiger partial charge in [0.2, 0.25) is 0 Å². The molecule has 0 saturated heterocycles. The third kappa shape index (κ3) is 4.80. The van der Waals surface area contributed by atoms with Crippen molar-refractivity contribution in [1.29, 1.82) is 0 Å². The molecule has 24 heavy (non-hydrogen) atoms. The van der Waals surface area contributed by atoms with Crippen LogP contribution in [0, 0.1) is 20.8 Å². The van der Waals surface area contributed by atoms with E-state index in [1.165, 1.54) is 6.08 Å². The van der Waals surface area contributed by atoms with Crippen LogP contribution in [0.3, 0.4) is 0 Å². The monoisotopic (exact) mass is 343 g/mol. The molecule has 0 unspecified atom stereocenters. The van der Waals surface area contributed by atoms with Crippen LogP contribution in [0.2, 0.25) is 0 Å². The standard InChI is InChI=1S/C19H21NO3S/c1-12-5-6-13(2)16(11-12)20-19(22)15(4)23-18(21)8-7-17-14(3)9-10-24-17/h5-11,15H,1-4H3,(H,20,22)/b8-7+/t15-/m0/s1. The third-order valence-electron chi connectivity index (χ3n) is 3.59. The first-order chi connectivity index (χ1) is 11.4. The fraction of sp³-hybridized carbons (Fsp3) is 0.263. The Bertz CT molecular complexity index is 777. The highest BCUT2D eigenvalue weighted by atomic mass is 32.1. The molecular formula is C19H21NO3S. The Morgan fingerprint density at radius 1 is 1.17 bits per heavy atom. The highest BCUT2D eigenvalue weighted by Gasteiger charge is 2.17. The molecule has 0 aliphatic heterocycles. The van der Waals surface area contributed by atoms with Crippen LogP contribution in [0.15, 0.2) is 35.7 Å². The predicted octanol–water partition coefficient (Wildman–Crippen LogP) is 4.26. The van der Waals surface area contributed by atoms with E-state index in [1.54, 1.807) is 24.3 Å². The lowest BCUT2D eigenvalue weighted by Gasteiger charge is -2.14. The number of benzene rings is 1. The molecule has 2 aromatic rings. The number of anilines is 1. The lowest BCUT2D eigenvalue weighted by Crippen LogP contribution is -2.29. The Morgan fingerprint density at radius 3 is 2.58 bits per heavy atom. The van der Waals surface area contributed by atoms with E-state index < -0.39 is 12.1 Å². The molecule has 0 saturated carbocycles. The first-order valence-corrected chi connectivity index (χ1v) is 8.55. The van der Waals surface area contributed by atoms with E-state index in [4.69, 9.17) is 4.74 Å². The minimum Gasteiger partial charge on any atom is -0.449 e. The first kappa shape index (κ1) is 17.9. The van der Waals surface area contributed by atoms with Gasteiger partial charge in [-0.1, -0.05) is 12.1 Å². The van der Waals surface area contributed by atoms with Crippen molar-refractivity contribution in [3.63, 3.8) is 0 Å². The second-order valence-electron chi connectivity index (χ2n) is 5.69. The number of thiophene rings is 1. The minimum absolute atomic E-state index is 0.349. The van der Waals surface area contributed by atoms with Crippen LogP contribution in [0.25, 0.3) is 6.08 Å². The van der Waals surface area contributed by atoms with Crippen molar-refractivity contribution in [2.24, 2.45) is 0 Å². The van der Waals surface area contributed by atoms with Crippen LogP contribution in [0.5, 0.6) is 0 Å². The Kier molecular flexibility index (Phi) is 5.93. The highest BCUT2D eigenvalue weighted by Crippen LogP contribution is 2.18. The molecular weight excluding hydrogens is 322 g/mol. The molecule has 126 valence electrons. The highest BCUT2D eigenvalue weighted by molar-refractivity contribution is 7.11. The van der Waals surface area contributed by atoms with Gasteiger partial charge in [-0.3, -0.25) is 4.79 Å². The van der Waals surface area contributed by atoms with Gasteiger partial charge in [0.25, 0.3) is 5.91 Å². The van der Waals surface area contributed by atoms with Crippen LogP contribution >= 0.6 is 11.3 Å². The number of hydrogen-bond donors (Lipinski definition) is 1. The van der Waals surface area contributed by atoms with Gasteiger partial charge in [0.05, 0.1) is 0 Å². The average Bonchev–Trinajstić information content (AvgIpc) is 2.94. The number of nitrogens with one attached hydrogen (secondary N) is 1. The topological polar surface area (TPSA) is 55.4 Å². The van der Waals surface area contributed by atoms with Crippen molar-refractivity contribution in [3.8, 4) is 0 Å². The number of carbonyl (C=O) groups excluding carboxylic acids is 2. The van der Waals surface area contributed by atoms with E-state index in [2.05, 4.69) is 5.32 Å². The Labute approximate surface area is 146 Å². The fourth-order valence-corrected chi connectivity index (χ4v) is 2.89. The molecule has 1 atom stereocenters. The van der Waals surface area contributed by atoms with Gasteiger partial charge in [-0.05, 0) is 68.0 Å². The van der Waals surface area contributed by atoms with Gasteiger partial charge in [0.15, 0.2) is 6.10 Å². The minimum atomic E-state index is -0.869. The second kappa shape index (κ2) is 7.93. The van der Waals surface area contributed by atoms with Gasteiger partial charge in [0, 0.05) is 16.6 Å². The largest absolute Gasteiger partial charge is 0.449 e. The summed E-state index contributed by atoms with van der Waals surface area (Å²) < 4.78 is 5.16. The summed E-state index contributed by atoms with van der Waals surface area (Å²) in [5.74, 6) is -0.885. The third-order valence-corrected chi connectivity index (χ3v) is 4.57. The number of rotatable bonds is 5. The van der Waals surface area contributed by atoms with E-state index in [0.29, 0.717) is 0 Å². The van der Waals surface area contributed by atoms with Gasteiger partial charge in [-0.15, -0.1) is 11.3 Å². The van der Waals surface area contributed by atoms with Crippen LogP contribution in [0.1, 0.15) is 28.5 Å². The lowest BCUT2D eigenvalue weighted by atomic mass is 10.1. The molecule has 5 heteroatoms. The molecule has 0 aliphatic carbocycles. The van der Waals surface area contributed by atoms with Crippen molar-refractivity contribution in [2.45, 2.75) is 33.8 Å². The van der Waals surface area contributed by atoms with Crippen LogP contribution in [-0.2, 0) is 14.3 Å². The quantitative estimate of drug-likeness (QED) is 0.652. The second-order valence-corrected chi connectivity index (χ2v) is 6.64. The van der Waals surface area contributed by atoms with E-state index in [1.807, 2.05) is 50.4 Å². The summed E-state index contributed by atoms with van der Waals surface area (Å²) in [4.78, 5) is 25.0. The van der Waals surface area contributed by atoms with Gasteiger partial charge in [0.1, 0.15) is 0 Å². The number of esters is 1. The maximum atomic E-state index is 12.2. The zero-order valence-corrected chi connectivity index (χ0v) is 15.1. The van der Waals surface area contributed by atoms with Crippen molar-refractivity contribution < 1.29 is 14.3 Å². The van der Waals surface area contributed by atoms with Crippen LogP contribution in [-0.4, -0.2) is 18.0 Å². The number of ether oxygens (including phenoxy) is 1. The summed E-state index contributed by atoms with van der Waals surface area (Å²) in [6.07, 6.45) is 2.18. The first-order valence-electron chi connectivity index (χ1n) is 7.67. The molecule has 1 amide bonds. The molecule has 0 radical (unpaired) electrons. The Balaban J connectivity index is 1.93. The number of hydrogen-bond acceptors (Lipinski definition) is 4. The Morgan fingerprint density at radius 2 is 1.92 bits per heavy atom. The normalized spacial score (nSPS) is 12.2. The smallest absolute Gasteiger partial charge is 0.331 e. The number of carbonyl (C=O) groups is 2. The molecule has 0 bridgehead atoms. The van der Waals surface area contributed by atoms with Crippen molar-refractivity contribution in [1.82, 2.24) is 0 Å². The van der Waals surface area contributed by atoms with E-state index in [9.17, 15) is 9.59 Å². The van der Waals surface area contributed by atoms with Gasteiger partial charge < -0.3 is 10.1 Å². The van der Waals surface area contributed by atoms with Crippen LogP contribution in [0.4, 0.5) is 5.69 Å². The molecule has 0 spiro atoms. The van der Waals surface area contributed by atoms with Gasteiger partial charge in [-0.2, -0.15) is 0 Å². The molecule has 4 nitrogen and oxygen atoms in total. The summed E-state index contributed by atoms with van der Waals surface area (Å²) in [5.41, 5.74) is 3.84. The summed E-state index contributed by atoms with van der Waals surface area (Å²) in [6.45, 7) is 7.40.